The van der Waals surface area contributed by atoms with Gasteiger partial charge in [0.2, 0.25) is 76.8 Å². The van der Waals surface area contributed by atoms with Crippen LogP contribution in [0.4, 0.5) is 4.79 Å². The number of H-pyrrole nitrogens is 1. The highest BCUT2D eigenvalue weighted by Gasteiger charge is 2.43. The first-order valence-electron chi connectivity index (χ1n) is 36.1. The summed E-state index contributed by atoms with van der Waals surface area (Å²) in [5.41, 5.74) is 23.7. The van der Waals surface area contributed by atoms with Crippen LogP contribution in [0.1, 0.15) is 94.4 Å². The molecule has 13 atom stereocenters. The topological polar surface area (TPSA) is 688 Å². The number of rotatable bonds is 23. The van der Waals surface area contributed by atoms with Gasteiger partial charge in [0, 0.05) is 73.7 Å². The van der Waals surface area contributed by atoms with Gasteiger partial charge in [-0.1, -0.05) is 57.1 Å². The van der Waals surface area contributed by atoms with Crippen LogP contribution in [0.25, 0.3) is 10.9 Å². The van der Waals surface area contributed by atoms with Crippen LogP contribution in [0, 0.1) is 5.41 Å². The second-order valence-electron chi connectivity index (χ2n) is 27.0. The van der Waals surface area contributed by atoms with Gasteiger partial charge in [0.25, 0.3) is 0 Å². The number of amides is 15. The van der Waals surface area contributed by atoms with Crippen molar-refractivity contribution in [1.82, 2.24) is 94.0 Å². The number of aliphatic hydroxyl groups is 1. The van der Waals surface area contributed by atoms with Gasteiger partial charge >= 0.3 is 18.0 Å². The maximum atomic E-state index is 15.3. The van der Waals surface area contributed by atoms with E-state index in [1.54, 1.807) is 24.3 Å². The van der Waals surface area contributed by atoms with Crippen molar-refractivity contribution < 1.29 is 97.1 Å². The van der Waals surface area contributed by atoms with Gasteiger partial charge in [-0.2, -0.15) is 0 Å². The van der Waals surface area contributed by atoms with Crippen LogP contribution in [0.3, 0.4) is 0 Å². The SMILES string of the molecule is C[C@@H](O)[C@@H]1NC(=O)[C@@H]2Cn3cc(nn3)CCC[C@@H](C(=O)N[C@@H](Cc3ccc(O)cc3)C(=O)O)NC(=O)[C@H](CCC(N)=O)NC(=O)[C@H](Cc3c[nH]c4ccccc34)NC(=O)[C@H](CCCNC(N)=O)NC(=O)[C@H](CSSC[C@H](NC(=O)CN)C(=O)N2)NC(=O)[C@H](CCCNC(=N)N)NC(=O)C2CCCN2C(=O)[C@H](CC(=O)O)NC1=O. The van der Waals surface area contributed by atoms with E-state index in [1.165, 1.54) is 36.7 Å². The van der Waals surface area contributed by atoms with Crippen molar-refractivity contribution in [3.8, 4) is 5.75 Å². The highest BCUT2D eigenvalue weighted by Crippen LogP contribution is 2.26. The molecule has 614 valence electrons. The number of para-hydroxylation sites is 1. The number of aliphatic hydroxyl groups excluding tert-OH is 1. The summed E-state index contributed by atoms with van der Waals surface area (Å²) in [5.74, 6) is -19.1. The lowest BCUT2D eigenvalue weighted by atomic mass is 10.0. The number of phenols is 1. The highest BCUT2D eigenvalue weighted by atomic mass is 33.1. The fourth-order valence-electron chi connectivity index (χ4n) is 12.4. The number of nitrogens with one attached hydrogen (secondary N) is 15. The Balaban J connectivity index is 1.40. The fourth-order valence-corrected chi connectivity index (χ4v) is 14.8. The summed E-state index contributed by atoms with van der Waals surface area (Å²) < 4.78 is 1.05. The molecule has 43 nitrogen and oxygen atoms in total. The summed E-state index contributed by atoms with van der Waals surface area (Å²) in [5, 5.41) is 90.8. The number of urea groups is 1. The van der Waals surface area contributed by atoms with Gasteiger partial charge in [-0.3, -0.25) is 72.5 Å². The van der Waals surface area contributed by atoms with E-state index in [9.17, 15) is 78.0 Å². The standard InChI is InChI=1S/C68H95N23O20S2/c1-33(92)54-64(107)83-45(26-53(96)97)65(108)91-23-7-14-50(91)63(106)81-42(12-5-21-74-67(71)72)57(100)86-49-32-113-112-31-48(77-52(95)27-69)61(104)85-47(60(103)87-54)30-90-29-36(88-89-90)8-4-11-40(56(99)84-46(66(109)110)24-34-15-17-37(93)18-16-34)78-58(101)43(19-20-51(70)94)80-59(102)44(25-35-28-76-39-10-3-2-9-38(35)39)82-55(98)41(79-62(49)105)13-6-22-75-68(73)111/h2-3,9-10,15-18,28-29,33,40-50,54,76,92-93H,4-8,11-14,19-27,30-32,69H2,1H3,(H2,70,94)(H,77,95)(H,78,101)(H,79,105)(H,80,102)(H,81,106)(H,82,98)(H,83,107)(H,84,99)(H,85,104)(H,86,100)(H,87,103)(H,96,97)(H,109,110)(H4,71,72,74)(H3,73,75,111)/t33-,40+,41+,42+,43+,44+,45+,46+,47+,48+,49+,50?,54+/m1/s1. The number of hydrogen-bond acceptors (Lipinski definition) is 24. The number of aromatic hydroxyl groups is 1. The number of aryl methyl sites for hydroxylation is 1. The van der Waals surface area contributed by atoms with Crippen LogP contribution in [-0.2, 0) is 97.7 Å². The largest absolute Gasteiger partial charge is 0.508 e. The molecule has 27 N–H and O–H groups in total. The molecule has 5 heterocycles. The zero-order valence-corrected chi connectivity index (χ0v) is 63.0. The first kappa shape index (κ1) is 88.3. The van der Waals surface area contributed by atoms with E-state index in [0.29, 0.717) is 22.0 Å². The number of primary amides is 2. The molecule has 113 heavy (non-hydrogen) atoms. The van der Waals surface area contributed by atoms with E-state index in [-0.39, 0.29) is 102 Å². The molecule has 0 radical (unpaired) electrons. The normalized spacial score (nSPS) is 23.8. The number of carboxylic acids is 2. The monoisotopic (exact) mass is 1620 g/mol. The van der Waals surface area contributed by atoms with Gasteiger partial charge in [0.15, 0.2) is 5.96 Å². The molecule has 4 aromatic rings. The Labute approximate surface area is 653 Å². The number of aromatic nitrogens is 4. The lowest BCUT2D eigenvalue weighted by Gasteiger charge is -2.31. The van der Waals surface area contributed by atoms with E-state index in [1.807, 2.05) is 0 Å². The first-order chi connectivity index (χ1) is 53.8. The molecule has 45 heteroatoms. The average Bonchev–Trinajstić information content (AvgIpc) is 1.73. The molecule has 3 aliphatic heterocycles. The number of carboxylic acid groups (broad SMARTS) is 2. The van der Waals surface area contributed by atoms with E-state index in [4.69, 9.17) is 28.3 Å². The summed E-state index contributed by atoms with van der Waals surface area (Å²) in [6.45, 7) is -0.821. The van der Waals surface area contributed by atoms with Crippen molar-refractivity contribution >= 4 is 133 Å². The molecular weight excluding hydrogens is 1520 g/mol. The van der Waals surface area contributed by atoms with Crippen LogP contribution in [-0.4, -0.2) is 262 Å². The number of fused-ring (bicyclic) bond motifs is 12. The smallest absolute Gasteiger partial charge is 0.326 e. The second-order valence-corrected chi connectivity index (χ2v) is 29.5. The van der Waals surface area contributed by atoms with Crippen molar-refractivity contribution in [3.63, 3.8) is 0 Å². The van der Waals surface area contributed by atoms with Crippen LogP contribution in [0.5, 0.6) is 5.75 Å². The van der Waals surface area contributed by atoms with Crippen LogP contribution in [0.2, 0.25) is 0 Å². The molecule has 2 aromatic heterocycles. The quantitative estimate of drug-likeness (QED) is 0.0142. The van der Waals surface area contributed by atoms with Crippen LogP contribution < -0.4 is 92.1 Å². The Morgan fingerprint density at radius 2 is 1.29 bits per heavy atom. The Bertz CT molecular complexity index is 4130. The Morgan fingerprint density at radius 3 is 1.96 bits per heavy atom. The maximum absolute atomic E-state index is 15.3. The average molecular weight is 1620 g/mol. The zero-order chi connectivity index (χ0) is 82.6. The number of nitrogens with zero attached hydrogens (tertiary/aromatic N) is 4. The molecule has 2 saturated heterocycles. The van der Waals surface area contributed by atoms with Crippen molar-refractivity contribution in [1.29, 1.82) is 5.41 Å². The molecule has 1 unspecified atom stereocenters. The number of aromatic amines is 1. The summed E-state index contributed by atoms with van der Waals surface area (Å²) in [6.07, 6.45) is -3.42. The molecule has 0 saturated carbocycles. The molecule has 0 spiro atoms. The summed E-state index contributed by atoms with van der Waals surface area (Å²) in [6, 6.07) is -9.92. The molecule has 7 rings (SSSR count). The van der Waals surface area contributed by atoms with Crippen molar-refractivity contribution in [2.75, 3.05) is 37.7 Å². The zero-order valence-electron chi connectivity index (χ0n) is 61.4. The number of carbonyl (C=O) groups is 16. The maximum Gasteiger partial charge on any atom is 0.326 e. The van der Waals surface area contributed by atoms with Crippen molar-refractivity contribution in [2.45, 2.75) is 182 Å². The fraction of sp³-hybridized carbons (Fsp3) is 0.515. The minimum absolute atomic E-state index is 0.0267. The Kier molecular flexibility index (Phi) is 33.7. The number of aliphatic carboxylic acids is 2. The summed E-state index contributed by atoms with van der Waals surface area (Å²) >= 11 is 0. The number of hydrogen-bond donors (Lipinski definition) is 23. The van der Waals surface area contributed by atoms with E-state index < -0.39 is 223 Å². The second kappa shape index (κ2) is 43.1. The third-order valence-corrected chi connectivity index (χ3v) is 20.7. The number of guanidine groups is 1. The Hall–Kier alpha value is -11.9. The minimum atomic E-state index is -2.06. The summed E-state index contributed by atoms with van der Waals surface area (Å²) in [7, 11) is 1.61. The predicted octanol–water partition coefficient (Wildman–Crippen LogP) is -7.12. The summed E-state index contributed by atoms with van der Waals surface area (Å²) in [4.78, 5) is 231. The Morgan fingerprint density at radius 1 is 0.681 bits per heavy atom. The third-order valence-electron chi connectivity index (χ3n) is 18.3. The number of phenolic OH excluding ortho intramolecular Hbond substituents is 1. The molecule has 0 aliphatic carbocycles. The molecule has 4 bridgehead atoms. The molecule has 15 amide bonds. The van der Waals surface area contributed by atoms with Gasteiger partial charge in [-0.05, 0) is 100 Å². The van der Waals surface area contributed by atoms with Crippen molar-refractivity contribution in [3.05, 3.63) is 77.7 Å². The van der Waals surface area contributed by atoms with E-state index in [2.05, 4.69) is 84.4 Å². The number of nitrogens with two attached hydrogens (primary N) is 4. The van der Waals surface area contributed by atoms with Gasteiger partial charge in [-0.25, -0.2) is 14.3 Å². The first-order valence-corrected chi connectivity index (χ1v) is 38.6. The molecule has 2 aromatic carbocycles. The van der Waals surface area contributed by atoms with Gasteiger partial charge in [-0.15, -0.1) is 5.10 Å². The molecular formula is C68H95N23O20S2. The van der Waals surface area contributed by atoms with Crippen molar-refractivity contribution in [2.24, 2.45) is 22.9 Å². The number of benzene rings is 2. The van der Waals surface area contributed by atoms with Crippen LogP contribution >= 0.6 is 21.6 Å². The predicted molar refractivity (Wildman–Crippen MR) is 403 cm³/mol. The lowest BCUT2D eigenvalue weighted by molar-refractivity contribution is -0.146. The van der Waals surface area contributed by atoms with E-state index >= 15 is 19.2 Å². The van der Waals surface area contributed by atoms with Gasteiger partial charge < -0.3 is 122 Å². The third kappa shape index (κ3) is 27.5. The van der Waals surface area contributed by atoms with Crippen LogP contribution in [0.15, 0.2) is 60.9 Å². The number of carbonyl (C=O) groups excluding carboxylic acids is 14. The lowest BCUT2D eigenvalue weighted by Crippen LogP contribution is -2.62. The van der Waals surface area contributed by atoms with Gasteiger partial charge in [0.05, 0.1) is 31.3 Å². The van der Waals surface area contributed by atoms with Gasteiger partial charge in [0.1, 0.15) is 78.3 Å². The van der Waals surface area contributed by atoms with E-state index in [0.717, 1.165) is 38.1 Å². The highest BCUT2D eigenvalue weighted by molar-refractivity contribution is 8.76. The molecule has 2 fully saturated rings. The minimum Gasteiger partial charge on any atom is -0.508 e. The molecule has 3 aliphatic rings.